The number of aliphatic carboxylic acids is 1. The first-order valence-corrected chi connectivity index (χ1v) is 19.2. The second kappa shape index (κ2) is 38.3. The number of carboxylic acid groups (broad SMARTS) is 1. The molecule has 0 bridgehead atoms. The van der Waals surface area contributed by atoms with Gasteiger partial charge < -0.3 is 9.84 Å². The minimum Gasteiger partial charge on any atom is -0.481 e. The van der Waals surface area contributed by atoms with Gasteiger partial charge in [0.25, 0.3) is 0 Å². The molecule has 0 saturated heterocycles. The van der Waals surface area contributed by atoms with Crippen LogP contribution in [0.15, 0.2) is 97.2 Å². The second-order valence-corrected chi connectivity index (χ2v) is 12.3. The van der Waals surface area contributed by atoms with Crippen molar-refractivity contribution in [1.82, 2.24) is 0 Å². The van der Waals surface area contributed by atoms with Gasteiger partial charge in [-0.2, -0.15) is 0 Å². The molecule has 4 heteroatoms. The van der Waals surface area contributed by atoms with E-state index in [0.29, 0.717) is 6.42 Å². The maximum Gasteiger partial charge on any atom is 0.306 e. The number of hydrogen-bond donors (Lipinski definition) is 1. The summed E-state index contributed by atoms with van der Waals surface area (Å²) in [5, 5.41) is 8.80. The molecule has 1 unspecified atom stereocenters. The number of carbonyl (C=O) groups is 2. The van der Waals surface area contributed by atoms with Crippen LogP contribution in [-0.2, 0) is 14.3 Å². The first kappa shape index (κ1) is 44.9. The van der Waals surface area contributed by atoms with E-state index in [9.17, 15) is 9.59 Å². The number of esters is 1. The van der Waals surface area contributed by atoms with Gasteiger partial charge in [0.05, 0.1) is 0 Å². The summed E-state index contributed by atoms with van der Waals surface area (Å²) in [5.41, 5.74) is 0. The zero-order valence-corrected chi connectivity index (χ0v) is 30.8. The van der Waals surface area contributed by atoms with E-state index >= 15 is 0 Å². The molecule has 0 aliphatic heterocycles. The van der Waals surface area contributed by atoms with E-state index in [2.05, 4.69) is 111 Å². The van der Waals surface area contributed by atoms with Crippen LogP contribution in [-0.4, -0.2) is 23.1 Å². The van der Waals surface area contributed by atoms with Crippen molar-refractivity contribution < 1.29 is 19.4 Å². The van der Waals surface area contributed by atoms with Gasteiger partial charge in [-0.05, 0) is 96.0 Å². The molecule has 0 saturated carbocycles. The zero-order chi connectivity index (χ0) is 35.0. The van der Waals surface area contributed by atoms with E-state index in [0.717, 1.165) is 109 Å². The standard InChI is InChI=1S/C44H70O4/c1-3-5-7-9-11-13-15-16-17-18-19-20-21-22-24-26-28-33-37-41-44(47)48-42(39-35-31-29-32-36-40-43(45)46)38-34-30-27-25-23-14-12-10-8-6-4-2/h5-8,11-14,16-17,19-20,25,27,34,38,42H,3-4,9-10,15,18,21-24,26,28-33,35-37,39-41H2,1-2H3,(H,45,46)/b7-5-,8-6-,13-11-,14-12-,17-16-,20-19-,27-25-,38-34-. The van der Waals surface area contributed by atoms with E-state index in [4.69, 9.17) is 9.84 Å². The molecule has 0 fully saturated rings. The van der Waals surface area contributed by atoms with Crippen LogP contribution in [0.3, 0.4) is 0 Å². The third-order valence-electron chi connectivity index (χ3n) is 7.79. The molecule has 1 N–H and O–H groups in total. The van der Waals surface area contributed by atoms with Gasteiger partial charge >= 0.3 is 11.9 Å². The summed E-state index contributed by atoms with van der Waals surface area (Å²) in [6.45, 7) is 4.30. The maximum absolute atomic E-state index is 12.6. The van der Waals surface area contributed by atoms with Crippen molar-refractivity contribution in [2.45, 2.75) is 168 Å². The Labute approximate surface area is 295 Å². The number of allylic oxidation sites excluding steroid dienone is 15. The Hall–Kier alpha value is -3.14. The fourth-order valence-electron chi connectivity index (χ4n) is 5.02. The highest BCUT2D eigenvalue weighted by Gasteiger charge is 2.11. The molecule has 0 aromatic rings. The molecule has 0 heterocycles. The number of ether oxygens (including phenoxy) is 1. The largest absolute Gasteiger partial charge is 0.481 e. The molecule has 0 spiro atoms. The summed E-state index contributed by atoms with van der Waals surface area (Å²) >= 11 is 0. The Morgan fingerprint density at radius 3 is 1.38 bits per heavy atom. The minimum absolute atomic E-state index is 0.0942. The Morgan fingerprint density at radius 2 is 0.875 bits per heavy atom. The first-order chi connectivity index (χ1) is 23.6. The number of hydrogen-bond acceptors (Lipinski definition) is 3. The molecule has 270 valence electrons. The van der Waals surface area contributed by atoms with E-state index in [-0.39, 0.29) is 18.5 Å². The predicted molar refractivity (Wildman–Crippen MR) is 208 cm³/mol. The molecular weight excluding hydrogens is 592 g/mol. The summed E-state index contributed by atoms with van der Waals surface area (Å²) in [6, 6.07) is 0. The highest BCUT2D eigenvalue weighted by Crippen LogP contribution is 2.15. The molecule has 0 aliphatic rings. The highest BCUT2D eigenvalue weighted by molar-refractivity contribution is 5.69. The van der Waals surface area contributed by atoms with Crippen LogP contribution < -0.4 is 0 Å². The topological polar surface area (TPSA) is 63.6 Å². The SMILES string of the molecule is CC/C=C\C/C=C\C/C=C\C/C=C\CCCCCCCCC(=O)OC(/C=C\C/C=C\C/C=C\C/C=C\CC)CCCCCCCC(=O)O. The van der Waals surface area contributed by atoms with Crippen LogP contribution in [0, 0.1) is 0 Å². The molecule has 0 aliphatic carbocycles. The van der Waals surface area contributed by atoms with Gasteiger partial charge in [0.15, 0.2) is 0 Å². The van der Waals surface area contributed by atoms with E-state index < -0.39 is 5.97 Å². The highest BCUT2D eigenvalue weighted by atomic mass is 16.5. The van der Waals surface area contributed by atoms with Crippen LogP contribution in [0.4, 0.5) is 0 Å². The molecule has 0 aromatic carbocycles. The second-order valence-electron chi connectivity index (χ2n) is 12.3. The fourth-order valence-corrected chi connectivity index (χ4v) is 5.02. The molecule has 1 atom stereocenters. The summed E-state index contributed by atoms with van der Waals surface area (Å²) in [7, 11) is 0. The third kappa shape index (κ3) is 37.3. The third-order valence-corrected chi connectivity index (χ3v) is 7.79. The van der Waals surface area contributed by atoms with Crippen molar-refractivity contribution in [2.75, 3.05) is 0 Å². The minimum atomic E-state index is -0.723. The van der Waals surface area contributed by atoms with Crippen molar-refractivity contribution in [2.24, 2.45) is 0 Å². The van der Waals surface area contributed by atoms with Crippen molar-refractivity contribution in [3.63, 3.8) is 0 Å². The summed E-state index contributed by atoms with van der Waals surface area (Å²) < 4.78 is 5.88. The Morgan fingerprint density at radius 1 is 0.479 bits per heavy atom. The van der Waals surface area contributed by atoms with Gasteiger partial charge in [0.2, 0.25) is 0 Å². The van der Waals surface area contributed by atoms with Gasteiger partial charge in [-0.3, -0.25) is 9.59 Å². The summed E-state index contributed by atoms with van der Waals surface area (Å²) in [5.74, 6) is -0.817. The van der Waals surface area contributed by atoms with Crippen molar-refractivity contribution >= 4 is 11.9 Å². The molecule has 0 aromatic heterocycles. The summed E-state index contributed by atoms with van der Waals surface area (Å²) in [6.07, 6.45) is 57.2. The van der Waals surface area contributed by atoms with Gasteiger partial charge in [0, 0.05) is 12.8 Å². The quantitative estimate of drug-likeness (QED) is 0.0431. The van der Waals surface area contributed by atoms with E-state index in [1.807, 2.05) is 0 Å². The Bertz CT molecular complexity index is 976. The fraction of sp³-hybridized carbons (Fsp3) is 0.591. The van der Waals surface area contributed by atoms with Crippen LogP contribution in [0.5, 0.6) is 0 Å². The van der Waals surface area contributed by atoms with E-state index in [1.165, 1.54) is 25.7 Å². The van der Waals surface area contributed by atoms with Gasteiger partial charge in [0.1, 0.15) is 6.10 Å². The number of carboxylic acids is 1. The van der Waals surface area contributed by atoms with Gasteiger partial charge in [-0.15, -0.1) is 0 Å². The van der Waals surface area contributed by atoms with Crippen molar-refractivity contribution in [1.29, 1.82) is 0 Å². The van der Waals surface area contributed by atoms with Crippen LogP contribution in [0.1, 0.15) is 162 Å². The monoisotopic (exact) mass is 663 g/mol. The molecule has 0 rings (SSSR count). The number of unbranched alkanes of at least 4 members (excludes halogenated alkanes) is 10. The van der Waals surface area contributed by atoms with Gasteiger partial charge in [-0.1, -0.05) is 150 Å². The predicted octanol–water partition coefficient (Wildman–Crippen LogP) is 13.4. The lowest BCUT2D eigenvalue weighted by Crippen LogP contribution is -2.16. The average Bonchev–Trinajstić information content (AvgIpc) is 3.07. The van der Waals surface area contributed by atoms with E-state index in [1.54, 1.807) is 0 Å². The molecular formula is C44H70O4. The smallest absolute Gasteiger partial charge is 0.306 e. The van der Waals surface area contributed by atoms with Crippen molar-refractivity contribution in [3.05, 3.63) is 97.2 Å². The lowest BCUT2D eigenvalue weighted by molar-refractivity contribution is -0.147. The number of carbonyl (C=O) groups excluding carboxylic acids is 1. The first-order valence-electron chi connectivity index (χ1n) is 19.2. The van der Waals surface area contributed by atoms with Crippen LogP contribution >= 0.6 is 0 Å². The Balaban J connectivity index is 4.19. The van der Waals surface area contributed by atoms with Crippen LogP contribution in [0.2, 0.25) is 0 Å². The van der Waals surface area contributed by atoms with Crippen LogP contribution in [0.25, 0.3) is 0 Å². The Kier molecular flexibility index (Phi) is 35.8. The summed E-state index contributed by atoms with van der Waals surface area (Å²) in [4.78, 5) is 23.3. The molecule has 4 nitrogen and oxygen atoms in total. The zero-order valence-electron chi connectivity index (χ0n) is 30.8. The van der Waals surface area contributed by atoms with Crippen molar-refractivity contribution in [3.8, 4) is 0 Å². The normalized spacial score (nSPS) is 13.4. The molecule has 48 heavy (non-hydrogen) atoms. The van der Waals surface area contributed by atoms with Gasteiger partial charge in [-0.25, -0.2) is 0 Å². The molecule has 0 amide bonds. The average molecular weight is 663 g/mol. The molecule has 0 radical (unpaired) electrons. The lowest BCUT2D eigenvalue weighted by Gasteiger charge is -2.14. The number of rotatable bonds is 33. The lowest BCUT2D eigenvalue weighted by atomic mass is 10.1. The maximum atomic E-state index is 12.6.